The van der Waals surface area contributed by atoms with Crippen LogP contribution < -0.4 is 0 Å². The van der Waals surface area contributed by atoms with Gasteiger partial charge in [0, 0.05) is 32.1 Å². The van der Waals surface area contributed by atoms with Gasteiger partial charge in [-0.25, -0.2) is 0 Å². The first-order valence-electron chi connectivity index (χ1n) is 12.5. The van der Waals surface area contributed by atoms with E-state index in [9.17, 15) is 0 Å². The summed E-state index contributed by atoms with van der Waals surface area (Å²) in [7, 11) is 0. The molecule has 6 aromatic rings. The number of hydrogen-bond donors (Lipinski definition) is 0. The molecule has 176 valence electrons. The van der Waals surface area contributed by atoms with Crippen LogP contribution in [0.4, 0.5) is 0 Å². The van der Waals surface area contributed by atoms with E-state index >= 15 is 0 Å². The highest BCUT2D eigenvalue weighted by Crippen LogP contribution is 2.42. The Morgan fingerprint density at radius 3 is 2.49 bits per heavy atom. The van der Waals surface area contributed by atoms with Gasteiger partial charge >= 0.3 is 0 Å². The molecule has 0 radical (unpaired) electrons. The maximum atomic E-state index is 6.57. The van der Waals surface area contributed by atoms with Crippen molar-refractivity contribution in [2.24, 2.45) is 5.92 Å². The Balaban J connectivity index is 1.60. The van der Waals surface area contributed by atoms with Crippen molar-refractivity contribution >= 4 is 54.1 Å². The van der Waals surface area contributed by atoms with Gasteiger partial charge < -0.3 is 4.42 Å². The van der Waals surface area contributed by atoms with E-state index in [4.69, 9.17) is 9.40 Å². The van der Waals surface area contributed by atoms with Crippen molar-refractivity contribution in [1.29, 1.82) is 0 Å². The van der Waals surface area contributed by atoms with Gasteiger partial charge in [-0.15, -0.1) is 11.3 Å². The van der Waals surface area contributed by atoms with E-state index < -0.39 is 0 Å². The summed E-state index contributed by atoms with van der Waals surface area (Å²) in [6, 6.07) is 19.9. The summed E-state index contributed by atoms with van der Waals surface area (Å²) >= 11 is 1.93. The third-order valence-corrected chi connectivity index (χ3v) is 8.36. The second-order valence-corrected chi connectivity index (χ2v) is 12.4. The molecule has 0 aliphatic heterocycles. The molecule has 0 atom stereocenters. The van der Waals surface area contributed by atoms with Crippen molar-refractivity contribution in [2.75, 3.05) is 0 Å². The summed E-state index contributed by atoms with van der Waals surface area (Å²) in [6.45, 7) is 13.6. The molecule has 0 fully saturated rings. The fourth-order valence-electron chi connectivity index (χ4n) is 5.30. The van der Waals surface area contributed by atoms with Crippen LogP contribution in [0.2, 0.25) is 0 Å². The van der Waals surface area contributed by atoms with Crippen LogP contribution in [-0.2, 0) is 11.8 Å². The lowest BCUT2D eigenvalue weighted by Crippen LogP contribution is -2.12. The van der Waals surface area contributed by atoms with Crippen LogP contribution in [-0.4, -0.2) is 4.98 Å². The molecule has 6 rings (SSSR count). The van der Waals surface area contributed by atoms with E-state index in [1.807, 2.05) is 17.5 Å². The maximum absolute atomic E-state index is 6.57. The quantitative estimate of drug-likeness (QED) is 0.253. The number of aryl methyl sites for hydroxylation is 1. The average Bonchev–Trinajstić information content (AvgIpc) is 3.32. The lowest BCUT2D eigenvalue weighted by atomic mass is 9.82. The summed E-state index contributed by atoms with van der Waals surface area (Å²) in [6.07, 6.45) is 3.05. The van der Waals surface area contributed by atoms with E-state index in [0.717, 1.165) is 34.2 Å². The molecule has 0 aliphatic carbocycles. The number of furan rings is 1. The largest absolute Gasteiger partial charge is 0.454 e. The summed E-state index contributed by atoms with van der Waals surface area (Å²) in [5, 5.41) is 6.15. The fraction of sp³-hybridized carbons (Fsp3) is 0.281. The maximum Gasteiger partial charge on any atom is 0.161 e. The normalized spacial score (nSPS) is 12.7. The van der Waals surface area contributed by atoms with Crippen LogP contribution in [0, 0.1) is 12.8 Å². The smallest absolute Gasteiger partial charge is 0.161 e. The Morgan fingerprint density at radius 1 is 0.914 bits per heavy atom. The van der Waals surface area contributed by atoms with Gasteiger partial charge in [-0.1, -0.05) is 58.9 Å². The first-order valence-corrected chi connectivity index (χ1v) is 13.3. The predicted molar refractivity (Wildman–Crippen MR) is 152 cm³/mol. The van der Waals surface area contributed by atoms with Gasteiger partial charge in [-0.3, -0.25) is 4.98 Å². The van der Waals surface area contributed by atoms with Gasteiger partial charge in [0.15, 0.2) is 5.58 Å². The van der Waals surface area contributed by atoms with Gasteiger partial charge in [0.05, 0.1) is 0 Å². The van der Waals surface area contributed by atoms with Crippen LogP contribution in [0.25, 0.3) is 54.1 Å². The Bertz CT molecular complexity index is 1740. The molecule has 0 amide bonds. The van der Waals surface area contributed by atoms with Gasteiger partial charge in [0.25, 0.3) is 0 Å². The van der Waals surface area contributed by atoms with E-state index in [2.05, 4.69) is 96.1 Å². The highest BCUT2D eigenvalue weighted by molar-refractivity contribution is 7.19. The molecular weight excluding hydrogens is 446 g/mol. The minimum Gasteiger partial charge on any atom is -0.454 e. The van der Waals surface area contributed by atoms with Crippen molar-refractivity contribution in [3.8, 4) is 11.3 Å². The van der Waals surface area contributed by atoms with Crippen molar-refractivity contribution in [1.82, 2.24) is 4.98 Å². The van der Waals surface area contributed by atoms with Gasteiger partial charge in [-0.05, 0) is 82.3 Å². The summed E-state index contributed by atoms with van der Waals surface area (Å²) in [5.74, 6) is 0.652. The molecule has 0 spiro atoms. The molecule has 0 unspecified atom stereocenters. The zero-order chi connectivity index (χ0) is 24.5. The number of hydrogen-bond acceptors (Lipinski definition) is 3. The Morgan fingerprint density at radius 2 is 1.71 bits per heavy atom. The molecule has 0 bridgehead atoms. The Labute approximate surface area is 210 Å². The number of pyridine rings is 1. The molecule has 0 aliphatic rings. The van der Waals surface area contributed by atoms with Crippen LogP contribution in [0.5, 0.6) is 0 Å². The fourth-order valence-corrected chi connectivity index (χ4v) is 6.75. The van der Waals surface area contributed by atoms with Gasteiger partial charge in [0.2, 0.25) is 0 Å². The first-order chi connectivity index (χ1) is 16.7. The lowest BCUT2D eigenvalue weighted by Gasteiger charge is -2.22. The number of aromatic nitrogens is 1. The van der Waals surface area contributed by atoms with Crippen molar-refractivity contribution in [2.45, 2.75) is 53.4 Å². The van der Waals surface area contributed by atoms with Crippen molar-refractivity contribution < 1.29 is 4.42 Å². The number of nitrogens with zero attached hydrogens (tertiary/aromatic N) is 1. The summed E-state index contributed by atoms with van der Waals surface area (Å²) < 4.78 is 7.91. The van der Waals surface area contributed by atoms with Crippen LogP contribution in [0.15, 0.2) is 65.2 Å². The standard InChI is InChI=1S/C32H31NOS/c1-18(2)13-28-19(3)24-16-27-25(17-29(24)35-28)23-11-12-33-30(31(23)34-27)21-14-20-9-7-8-10-22(20)26(15-21)32(4,5)6/h7-12,14-18H,13H2,1-6H3. The molecule has 3 heteroatoms. The second-order valence-electron chi connectivity index (χ2n) is 11.2. The molecule has 3 heterocycles. The third kappa shape index (κ3) is 3.65. The number of fused-ring (bicyclic) bond motifs is 5. The molecule has 0 saturated heterocycles. The average molecular weight is 478 g/mol. The van der Waals surface area contributed by atoms with Crippen LogP contribution in [0.3, 0.4) is 0 Å². The summed E-state index contributed by atoms with van der Waals surface area (Å²) in [4.78, 5) is 6.32. The van der Waals surface area contributed by atoms with Gasteiger partial charge in [-0.2, -0.15) is 0 Å². The number of thiophene rings is 1. The SMILES string of the molecule is Cc1c(CC(C)C)sc2cc3c(cc12)oc1c(-c2cc(C(C)(C)C)c4ccccc4c2)nccc13. The molecular formula is C32H31NOS. The minimum absolute atomic E-state index is 0.0208. The topological polar surface area (TPSA) is 26.0 Å². The summed E-state index contributed by atoms with van der Waals surface area (Å²) in [5.41, 5.74) is 6.57. The zero-order valence-corrected chi connectivity index (χ0v) is 22.1. The molecule has 3 aromatic carbocycles. The molecule has 35 heavy (non-hydrogen) atoms. The van der Waals surface area contributed by atoms with Crippen LogP contribution >= 0.6 is 11.3 Å². The van der Waals surface area contributed by atoms with E-state index in [1.54, 1.807) is 0 Å². The van der Waals surface area contributed by atoms with Crippen molar-refractivity contribution in [3.05, 3.63) is 76.8 Å². The Kier molecular flexibility index (Phi) is 5.05. The van der Waals surface area contributed by atoms with E-state index in [-0.39, 0.29) is 5.41 Å². The van der Waals surface area contributed by atoms with Crippen molar-refractivity contribution in [3.63, 3.8) is 0 Å². The molecule has 0 N–H and O–H groups in total. The Hall–Kier alpha value is -3.17. The van der Waals surface area contributed by atoms with E-state index in [1.165, 1.54) is 42.2 Å². The minimum atomic E-state index is 0.0208. The molecule has 0 saturated carbocycles. The van der Waals surface area contributed by atoms with Gasteiger partial charge in [0.1, 0.15) is 11.3 Å². The predicted octanol–water partition coefficient (Wildman–Crippen LogP) is 9.82. The monoisotopic (exact) mass is 477 g/mol. The lowest BCUT2D eigenvalue weighted by molar-refractivity contribution is 0.596. The first kappa shape index (κ1) is 22.3. The number of rotatable bonds is 3. The van der Waals surface area contributed by atoms with Crippen LogP contribution in [0.1, 0.15) is 50.6 Å². The van der Waals surface area contributed by atoms with E-state index in [0.29, 0.717) is 5.92 Å². The highest BCUT2D eigenvalue weighted by atomic mass is 32.1. The highest BCUT2D eigenvalue weighted by Gasteiger charge is 2.21. The molecule has 3 aromatic heterocycles. The second kappa shape index (κ2) is 7.93. The molecule has 2 nitrogen and oxygen atoms in total. The zero-order valence-electron chi connectivity index (χ0n) is 21.3. The third-order valence-electron chi connectivity index (χ3n) is 7.08. The number of benzene rings is 3.